The van der Waals surface area contributed by atoms with E-state index in [1.807, 2.05) is 36.4 Å². The standard InChI is InChI=1S/C22H24O2/c23-21-16-22(24)20(15-14-18-10-5-2-6-11-18)19(21)13-7-12-17-8-3-1-4-9-17/h1-6,8-11,21,23H,7,12-16H2. The Morgan fingerprint density at radius 3 is 2.00 bits per heavy atom. The Labute approximate surface area is 143 Å². The highest BCUT2D eigenvalue weighted by atomic mass is 16.3. The molecule has 1 N–H and O–H groups in total. The molecular formula is C22H24O2. The molecule has 0 spiro atoms. The van der Waals surface area contributed by atoms with Gasteiger partial charge in [0.2, 0.25) is 0 Å². The van der Waals surface area contributed by atoms with Crippen molar-refractivity contribution in [3.05, 3.63) is 82.9 Å². The van der Waals surface area contributed by atoms with Crippen molar-refractivity contribution in [2.45, 2.75) is 44.6 Å². The van der Waals surface area contributed by atoms with Crippen LogP contribution in [-0.4, -0.2) is 17.0 Å². The van der Waals surface area contributed by atoms with Crippen LogP contribution in [0.15, 0.2) is 71.8 Å². The molecule has 124 valence electrons. The van der Waals surface area contributed by atoms with Gasteiger partial charge in [0.05, 0.1) is 6.10 Å². The first-order valence-electron chi connectivity index (χ1n) is 8.75. The van der Waals surface area contributed by atoms with Crippen LogP contribution in [0.4, 0.5) is 0 Å². The number of ketones is 1. The molecule has 0 saturated heterocycles. The average molecular weight is 320 g/mol. The molecule has 24 heavy (non-hydrogen) atoms. The van der Waals surface area contributed by atoms with E-state index in [-0.39, 0.29) is 12.2 Å². The second-order valence-corrected chi connectivity index (χ2v) is 6.47. The Balaban J connectivity index is 1.62. The number of rotatable bonds is 7. The van der Waals surface area contributed by atoms with E-state index in [1.54, 1.807) is 0 Å². The van der Waals surface area contributed by atoms with Crippen molar-refractivity contribution < 1.29 is 9.90 Å². The smallest absolute Gasteiger partial charge is 0.161 e. The first-order valence-corrected chi connectivity index (χ1v) is 8.75. The molecule has 0 saturated carbocycles. The van der Waals surface area contributed by atoms with Crippen LogP contribution in [0.25, 0.3) is 0 Å². The number of carbonyl (C=O) groups excluding carboxylic acids is 1. The summed E-state index contributed by atoms with van der Waals surface area (Å²) in [6.45, 7) is 0. The Morgan fingerprint density at radius 1 is 0.792 bits per heavy atom. The number of allylic oxidation sites excluding steroid dienone is 1. The average Bonchev–Trinajstić information content (AvgIpc) is 2.88. The van der Waals surface area contributed by atoms with Gasteiger partial charge in [-0.15, -0.1) is 0 Å². The van der Waals surface area contributed by atoms with E-state index in [1.165, 1.54) is 11.1 Å². The van der Waals surface area contributed by atoms with Crippen molar-refractivity contribution in [3.8, 4) is 0 Å². The van der Waals surface area contributed by atoms with E-state index < -0.39 is 6.10 Å². The molecule has 0 aromatic heterocycles. The zero-order valence-electron chi connectivity index (χ0n) is 13.9. The monoisotopic (exact) mass is 320 g/mol. The Bertz CT molecular complexity index is 701. The fourth-order valence-corrected chi connectivity index (χ4v) is 3.46. The highest BCUT2D eigenvalue weighted by Gasteiger charge is 2.29. The zero-order valence-corrected chi connectivity index (χ0v) is 13.9. The van der Waals surface area contributed by atoms with Gasteiger partial charge in [-0.2, -0.15) is 0 Å². The minimum Gasteiger partial charge on any atom is -0.388 e. The summed E-state index contributed by atoms with van der Waals surface area (Å²) in [6.07, 6.45) is 4.06. The molecule has 0 fully saturated rings. The van der Waals surface area contributed by atoms with Crippen LogP contribution >= 0.6 is 0 Å². The Kier molecular flexibility index (Phi) is 5.60. The number of aliphatic hydroxyl groups is 1. The second-order valence-electron chi connectivity index (χ2n) is 6.47. The molecule has 3 rings (SSSR count). The highest BCUT2D eigenvalue weighted by Crippen LogP contribution is 2.30. The van der Waals surface area contributed by atoms with Crippen LogP contribution in [0.2, 0.25) is 0 Å². The van der Waals surface area contributed by atoms with E-state index in [0.717, 1.165) is 43.3 Å². The Morgan fingerprint density at radius 2 is 1.38 bits per heavy atom. The van der Waals surface area contributed by atoms with Crippen LogP contribution in [0, 0.1) is 0 Å². The number of benzene rings is 2. The van der Waals surface area contributed by atoms with Gasteiger partial charge in [0, 0.05) is 6.42 Å². The van der Waals surface area contributed by atoms with E-state index in [0.29, 0.717) is 0 Å². The predicted octanol–water partition coefficient (Wildman–Crippen LogP) is 4.27. The Hall–Kier alpha value is -2.19. The third-order valence-corrected chi connectivity index (χ3v) is 4.77. The second kappa shape index (κ2) is 8.07. The van der Waals surface area contributed by atoms with Crippen molar-refractivity contribution in [1.29, 1.82) is 0 Å². The zero-order chi connectivity index (χ0) is 16.8. The number of Topliss-reactive ketones (excluding diaryl/α,β-unsaturated/α-hetero) is 1. The molecule has 0 amide bonds. The molecule has 1 aliphatic carbocycles. The minimum atomic E-state index is -0.570. The molecule has 2 aromatic rings. The fraction of sp³-hybridized carbons (Fsp3) is 0.318. The first-order chi connectivity index (χ1) is 11.7. The van der Waals surface area contributed by atoms with Crippen LogP contribution in [0.1, 0.15) is 36.8 Å². The van der Waals surface area contributed by atoms with Gasteiger partial charge in [-0.3, -0.25) is 4.79 Å². The third kappa shape index (κ3) is 4.21. The maximum absolute atomic E-state index is 12.2. The molecule has 0 bridgehead atoms. The largest absolute Gasteiger partial charge is 0.388 e. The number of aryl methyl sites for hydroxylation is 2. The van der Waals surface area contributed by atoms with E-state index >= 15 is 0 Å². The highest BCUT2D eigenvalue weighted by molar-refractivity contribution is 5.99. The van der Waals surface area contributed by atoms with E-state index in [4.69, 9.17) is 0 Å². The third-order valence-electron chi connectivity index (χ3n) is 4.77. The fourth-order valence-electron chi connectivity index (χ4n) is 3.46. The molecule has 1 unspecified atom stereocenters. The molecule has 0 aliphatic heterocycles. The van der Waals surface area contributed by atoms with Gasteiger partial charge in [-0.25, -0.2) is 0 Å². The van der Waals surface area contributed by atoms with Gasteiger partial charge in [-0.1, -0.05) is 60.7 Å². The summed E-state index contributed by atoms with van der Waals surface area (Å²) in [5, 5.41) is 10.2. The van der Waals surface area contributed by atoms with Gasteiger partial charge < -0.3 is 5.11 Å². The number of carbonyl (C=O) groups is 1. The molecule has 2 nitrogen and oxygen atoms in total. The summed E-state index contributed by atoms with van der Waals surface area (Å²) in [4.78, 5) is 12.2. The van der Waals surface area contributed by atoms with Gasteiger partial charge in [0.1, 0.15) is 0 Å². The molecule has 1 aliphatic rings. The predicted molar refractivity (Wildman–Crippen MR) is 96.8 cm³/mol. The van der Waals surface area contributed by atoms with Gasteiger partial charge in [0.25, 0.3) is 0 Å². The summed E-state index contributed by atoms with van der Waals surface area (Å²) >= 11 is 0. The SMILES string of the molecule is O=C1CC(O)C(CCCc2ccccc2)=C1CCc1ccccc1. The molecular weight excluding hydrogens is 296 g/mol. The molecule has 2 heteroatoms. The molecule has 0 radical (unpaired) electrons. The van der Waals surface area contributed by atoms with Gasteiger partial charge >= 0.3 is 0 Å². The van der Waals surface area contributed by atoms with Gasteiger partial charge in [-0.05, 0) is 54.4 Å². The summed E-state index contributed by atoms with van der Waals surface area (Å²) in [5.74, 6) is 0.133. The summed E-state index contributed by atoms with van der Waals surface area (Å²) in [5.41, 5.74) is 4.40. The van der Waals surface area contributed by atoms with E-state index in [9.17, 15) is 9.90 Å². The van der Waals surface area contributed by atoms with Crippen LogP contribution in [0.3, 0.4) is 0 Å². The van der Waals surface area contributed by atoms with Crippen molar-refractivity contribution in [2.75, 3.05) is 0 Å². The van der Waals surface area contributed by atoms with Crippen molar-refractivity contribution in [2.24, 2.45) is 0 Å². The number of hydrogen-bond acceptors (Lipinski definition) is 2. The number of hydrogen-bond donors (Lipinski definition) is 1. The van der Waals surface area contributed by atoms with Crippen molar-refractivity contribution in [1.82, 2.24) is 0 Å². The summed E-state index contributed by atoms with van der Waals surface area (Å²) < 4.78 is 0. The van der Waals surface area contributed by atoms with Crippen molar-refractivity contribution >= 4 is 5.78 Å². The summed E-state index contributed by atoms with van der Waals surface area (Å²) in [6, 6.07) is 20.6. The lowest BCUT2D eigenvalue weighted by atomic mass is 9.97. The topological polar surface area (TPSA) is 37.3 Å². The van der Waals surface area contributed by atoms with Crippen LogP contribution < -0.4 is 0 Å². The van der Waals surface area contributed by atoms with Gasteiger partial charge in [0.15, 0.2) is 5.78 Å². The quantitative estimate of drug-likeness (QED) is 0.827. The summed E-state index contributed by atoms with van der Waals surface area (Å²) in [7, 11) is 0. The van der Waals surface area contributed by atoms with Crippen molar-refractivity contribution in [3.63, 3.8) is 0 Å². The lowest BCUT2D eigenvalue weighted by Crippen LogP contribution is -2.06. The van der Waals surface area contributed by atoms with Crippen LogP contribution in [0.5, 0.6) is 0 Å². The number of aliphatic hydroxyl groups excluding tert-OH is 1. The van der Waals surface area contributed by atoms with E-state index in [2.05, 4.69) is 24.3 Å². The first kappa shape index (κ1) is 16.7. The lowest BCUT2D eigenvalue weighted by Gasteiger charge is -2.10. The maximum atomic E-state index is 12.2. The molecule has 2 aromatic carbocycles. The molecule has 1 atom stereocenters. The maximum Gasteiger partial charge on any atom is 0.161 e. The van der Waals surface area contributed by atoms with Crippen LogP contribution in [-0.2, 0) is 17.6 Å². The normalized spacial score (nSPS) is 17.5. The minimum absolute atomic E-state index is 0.133. The molecule has 0 heterocycles. The lowest BCUT2D eigenvalue weighted by molar-refractivity contribution is -0.115.